The molecule has 4 rings (SSSR count). The fourth-order valence-electron chi connectivity index (χ4n) is 4.99. The zero-order valence-corrected chi connectivity index (χ0v) is 17.9. The van der Waals surface area contributed by atoms with Gasteiger partial charge in [0.15, 0.2) is 11.5 Å². The van der Waals surface area contributed by atoms with Gasteiger partial charge in [-0.2, -0.15) is 0 Å². The number of carbonyl (C=O) groups is 1. The summed E-state index contributed by atoms with van der Waals surface area (Å²) in [5, 5.41) is 0.920. The van der Waals surface area contributed by atoms with Crippen molar-refractivity contribution in [2.24, 2.45) is 7.05 Å². The third-order valence-corrected chi connectivity index (χ3v) is 6.65. The van der Waals surface area contributed by atoms with E-state index in [0.29, 0.717) is 17.5 Å². The van der Waals surface area contributed by atoms with Crippen LogP contribution in [-0.2, 0) is 7.05 Å². The molecule has 29 heavy (non-hydrogen) atoms. The van der Waals surface area contributed by atoms with Gasteiger partial charge in [0.1, 0.15) is 5.69 Å². The number of carbonyl (C=O) groups excluding carboxylic acids is 1. The minimum absolute atomic E-state index is 0.135. The van der Waals surface area contributed by atoms with Gasteiger partial charge < -0.3 is 23.8 Å². The summed E-state index contributed by atoms with van der Waals surface area (Å²) in [6, 6.07) is 6.20. The lowest BCUT2D eigenvalue weighted by Gasteiger charge is -2.36. The average Bonchev–Trinajstić information content (AvgIpc) is 3.39. The summed E-state index contributed by atoms with van der Waals surface area (Å²) in [5.74, 6) is 1.51. The Bertz CT molecular complexity index is 870. The van der Waals surface area contributed by atoms with Gasteiger partial charge in [0.2, 0.25) is 0 Å². The Labute approximate surface area is 173 Å². The quantitative estimate of drug-likeness (QED) is 0.744. The van der Waals surface area contributed by atoms with Crippen LogP contribution in [0.15, 0.2) is 18.2 Å². The molecule has 2 aromatic rings. The molecule has 158 valence electrons. The largest absolute Gasteiger partial charge is 0.493 e. The van der Waals surface area contributed by atoms with E-state index in [1.807, 2.05) is 29.8 Å². The van der Waals surface area contributed by atoms with Crippen LogP contribution in [0.1, 0.15) is 49.0 Å². The highest BCUT2D eigenvalue weighted by Gasteiger charge is 2.30. The fourth-order valence-corrected chi connectivity index (χ4v) is 4.99. The van der Waals surface area contributed by atoms with E-state index in [9.17, 15) is 4.79 Å². The lowest BCUT2D eigenvalue weighted by atomic mass is 9.98. The van der Waals surface area contributed by atoms with Gasteiger partial charge in [-0.3, -0.25) is 4.79 Å². The number of aryl methyl sites for hydroxylation is 1. The standard InChI is InChI=1S/C23H33N3O3/c1-24-19-9-10-21(28-2)22(29-3)18(19)16-20(24)23(27)26-14-5-4-8-17(26)11-15-25-12-6-7-13-25/h9-10,16-17H,4-8,11-15H2,1-3H3/t17-/m0/s1. The second-order valence-corrected chi connectivity index (χ2v) is 8.31. The fraction of sp³-hybridized carbons (Fsp3) is 0.609. The van der Waals surface area contributed by atoms with Crippen LogP contribution in [0.2, 0.25) is 0 Å². The number of likely N-dealkylation sites (tertiary alicyclic amines) is 2. The maximum atomic E-state index is 13.6. The third kappa shape index (κ3) is 3.82. The molecular weight excluding hydrogens is 366 g/mol. The van der Waals surface area contributed by atoms with E-state index in [2.05, 4.69) is 9.80 Å². The summed E-state index contributed by atoms with van der Waals surface area (Å²) in [7, 11) is 5.24. The number of aromatic nitrogens is 1. The number of nitrogens with zero attached hydrogens (tertiary/aromatic N) is 3. The van der Waals surface area contributed by atoms with Gasteiger partial charge in [-0.25, -0.2) is 0 Å². The molecular formula is C23H33N3O3. The second-order valence-electron chi connectivity index (χ2n) is 8.31. The number of rotatable bonds is 6. The van der Waals surface area contributed by atoms with Crippen molar-refractivity contribution in [1.29, 1.82) is 0 Å². The highest BCUT2D eigenvalue weighted by atomic mass is 16.5. The van der Waals surface area contributed by atoms with Crippen LogP contribution < -0.4 is 9.47 Å². The first-order valence-corrected chi connectivity index (χ1v) is 10.9. The zero-order valence-electron chi connectivity index (χ0n) is 17.9. The predicted octanol–water partition coefficient (Wildman–Crippen LogP) is 3.68. The summed E-state index contributed by atoms with van der Waals surface area (Å²) in [4.78, 5) is 18.2. The normalized spacial score (nSPS) is 20.4. The summed E-state index contributed by atoms with van der Waals surface area (Å²) >= 11 is 0. The van der Waals surface area contributed by atoms with Crippen LogP contribution >= 0.6 is 0 Å². The van der Waals surface area contributed by atoms with Gasteiger partial charge in [-0.15, -0.1) is 0 Å². The number of piperidine rings is 1. The van der Waals surface area contributed by atoms with Crippen molar-refractivity contribution < 1.29 is 14.3 Å². The van der Waals surface area contributed by atoms with Crippen molar-refractivity contribution >= 4 is 16.8 Å². The molecule has 0 unspecified atom stereocenters. The molecule has 1 amide bonds. The maximum absolute atomic E-state index is 13.6. The van der Waals surface area contributed by atoms with E-state index in [4.69, 9.17) is 9.47 Å². The molecule has 0 bridgehead atoms. The molecule has 0 aliphatic carbocycles. The molecule has 2 aliphatic rings. The zero-order chi connectivity index (χ0) is 20.4. The lowest BCUT2D eigenvalue weighted by molar-refractivity contribution is 0.0578. The Morgan fingerprint density at radius 2 is 1.83 bits per heavy atom. The number of amides is 1. The van der Waals surface area contributed by atoms with Gasteiger partial charge >= 0.3 is 0 Å². The highest BCUT2D eigenvalue weighted by molar-refractivity contribution is 6.01. The van der Waals surface area contributed by atoms with E-state index in [-0.39, 0.29) is 5.91 Å². The number of ether oxygens (including phenoxy) is 2. The van der Waals surface area contributed by atoms with E-state index in [1.54, 1.807) is 14.2 Å². The SMILES string of the molecule is COc1ccc2c(cc(C(=O)N3CCCC[C@H]3CCN3CCCC3)n2C)c1OC. The first-order valence-electron chi connectivity index (χ1n) is 10.9. The van der Waals surface area contributed by atoms with Crippen molar-refractivity contribution in [3.63, 3.8) is 0 Å². The second kappa shape index (κ2) is 8.66. The first kappa shape index (κ1) is 20.1. The first-order chi connectivity index (χ1) is 14.1. The molecule has 2 aliphatic heterocycles. The molecule has 6 nitrogen and oxygen atoms in total. The van der Waals surface area contributed by atoms with Crippen LogP contribution in [0, 0.1) is 0 Å². The van der Waals surface area contributed by atoms with Gasteiger partial charge in [0.05, 0.1) is 19.7 Å². The molecule has 0 saturated carbocycles. The van der Waals surface area contributed by atoms with Crippen molar-refractivity contribution in [1.82, 2.24) is 14.4 Å². The van der Waals surface area contributed by atoms with E-state index >= 15 is 0 Å². The molecule has 1 aromatic carbocycles. The number of fused-ring (bicyclic) bond motifs is 1. The van der Waals surface area contributed by atoms with E-state index < -0.39 is 0 Å². The predicted molar refractivity (Wildman–Crippen MR) is 115 cm³/mol. The van der Waals surface area contributed by atoms with Gasteiger partial charge in [-0.05, 0) is 69.8 Å². The minimum atomic E-state index is 0.135. The van der Waals surface area contributed by atoms with E-state index in [0.717, 1.165) is 48.9 Å². The summed E-state index contributed by atoms with van der Waals surface area (Å²) < 4.78 is 13.0. The highest BCUT2D eigenvalue weighted by Crippen LogP contribution is 2.37. The Morgan fingerprint density at radius 1 is 1.07 bits per heavy atom. The van der Waals surface area contributed by atoms with E-state index in [1.165, 1.54) is 32.4 Å². The molecule has 0 N–H and O–H groups in total. The number of methoxy groups -OCH3 is 2. The lowest BCUT2D eigenvalue weighted by Crippen LogP contribution is -2.45. The average molecular weight is 400 g/mol. The smallest absolute Gasteiger partial charge is 0.270 e. The Morgan fingerprint density at radius 3 is 2.55 bits per heavy atom. The van der Waals surface area contributed by atoms with Crippen LogP contribution in [0.4, 0.5) is 0 Å². The van der Waals surface area contributed by atoms with Crippen molar-refractivity contribution in [2.75, 3.05) is 40.4 Å². The molecule has 1 aromatic heterocycles. The molecule has 1 atom stereocenters. The van der Waals surface area contributed by atoms with Crippen LogP contribution in [0.3, 0.4) is 0 Å². The Balaban J connectivity index is 1.59. The van der Waals surface area contributed by atoms with Gasteiger partial charge in [-0.1, -0.05) is 0 Å². The molecule has 6 heteroatoms. The third-order valence-electron chi connectivity index (χ3n) is 6.65. The summed E-state index contributed by atoms with van der Waals surface area (Å²) in [6.45, 7) is 4.39. The van der Waals surface area contributed by atoms with Crippen molar-refractivity contribution in [2.45, 2.75) is 44.6 Å². The molecule has 0 radical (unpaired) electrons. The number of hydrogen-bond acceptors (Lipinski definition) is 4. The molecule has 2 fully saturated rings. The number of benzene rings is 1. The number of hydrogen-bond donors (Lipinski definition) is 0. The van der Waals surface area contributed by atoms with Crippen molar-refractivity contribution in [3.8, 4) is 11.5 Å². The monoisotopic (exact) mass is 399 g/mol. The van der Waals surface area contributed by atoms with Gasteiger partial charge in [0, 0.05) is 31.6 Å². The molecule has 2 saturated heterocycles. The maximum Gasteiger partial charge on any atom is 0.270 e. The Kier molecular flexibility index (Phi) is 5.99. The van der Waals surface area contributed by atoms with Crippen LogP contribution in [0.25, 0.3) is 10.9 Å². The Hall–Kier alpha value is -2.21. The van der Waals surface area contributed by atoms with Crippen LogP contribution in [-0.4, -0.2) is 66.7 Å². The summed E-state index contributed by atoms with van der Waals surface area (Å²) in [5.41, 5.74) is 1.70. The van der Waals surface area contributed by atoms with Crippen LogP contribution in [0.5, 0.6) is 11.5 Å². The van der Waals surface area contributed by atoms with Gasteiger partial charge in [0.25, 0.3) is 5.91 Å². The summed E-state index contributed by atoms with van der Waals surface area (Å²) in [6.07, 6.45) is 7.12. The topological polar surface area (TPSA) is 46.9 Å². The van der Waals surface area contributed by atoms with Crippen molar-refractivity contribution in [3.05, 3.63) is 23.9 Å². The minimum Gasteiger partial charge on any atom is -0.493 e. The molecule has 0 spiro atoms. The molecule has 3 heterocycles.